The summed E-state index contributed by atoms with van der Waals surface area (Å²) in [6, 6.07) is 14.0. The molecule has 0 spiro atoms. The maximum absolute atomic E-state index is 12.3. The van der Waals surface area contributed by atoms with E-state index in [4.69, 9.17) is 4.42 Å². The maximum Gasteiger partial charge on any atom is 0.237 e. The van der Waals surface area contributed by atoms with Crippen LogP contribution < -0.4 is 5.32 Å². The number of rotatable bonds is 5. The molecule has 1 atom stereocenters. The lowest BCUT2D eigenvalue weighted by molar-refractivity contribution is -0.125. The van der Waals surface area contributed by atoms with Crippen molar-refractivity contribution in [3.63, 3.8) is 0 Å². The number of likely N-dealkylation sites (tertiary alicyclic amines) is 1. The van der Waals surface area contributed by atoms with Crippen molar-refractivity contribution in [2.24, 2.45) is 0 Å². The van der Waals surface area contributed by atoms with Gasteiger partial charge in [-0.25, -0.2) is 0 Å². The molecular weight excluding hydrogens is 264 g/mol. The van der Waals surface area contributed by atoms with E-state index in [0.717, 1.165) is 31.7 Å². The van der Waals surface area contributed by atoms with Gasteiger partial charge in [0.1, 0.15) is 5.76 Å². The highest BCUT2D eigenvalue weighted by atomic mass is 16.3. The van der Waals surface area contributed by atoms with Gasteiger partial charge in [-0.3, -0.25) is 9.69 Å². The largest absolute Gasteiger partial charge is 0.467 e. The van der Waals surface area contributed by atoms with Crippen LogP contribution in [0.5, 0.6) is 0 Å². The van der Waals surface area contributed by atoms with E-state index in [-0.39, 0.29) is 11.9 Å². The summed E-state index contributed by atoms with van der Waals surface area (Å²) >= 11 is 0. The Morgan fingerprint density at radius 2 is 2.10 bits per heavy atom. The molecule has 1 amide bonds. The third kappa shape index (κ3) is 3.52. The van der Waals surface area contributed by atoms with Gasteiger partial charge in [-0.15, -0.1) is 0 Å². The van der Waals surface area contributed by atoms with Crippen LogP contribution in [0.3, 0.4) is 0 Å². The molecule has 110 valence electrons. The number of carbonyl (C=O) groups is 1. The Bertz CT molecular complexity index is 566. The van der Waals surface area contributed by atoms with Gasteiger partial charge in [-0.1, -0.05) is 30.3 Å². The second-order valence-corrected chi connectivity index (χ2v) is 5.41. The molecule has 21 heavy (non-hydrogen) atoms. The SMILES string of the molecule is O=C(NCc1ccco1)[C@@H]1CCCN1Cc1ccccc1. The van der Waals surface area contributed by atoms with Crippen molar-refractivity contribution in [2.75, 3.05) is 6.54 Å². The molecule has 2 heterocycles. The molecule has 4 nitrogen and oxygen atoms in total. The lowest BCUT2D eigenvalue weighted by atomic mass is 10.1. The highest BCUT2D eigenvalue weighted by Gasteiger charge is 2.30. The number of furan rings is 1. The Balaban J connectivity index is 1.57. The van der Waals surface area contributed by atoms with Crippen LogP contribution in [0.25, 0.3) is 0 Å². The Kier molecular flexibility index (Phi) is 4.36. The monoisotopic (exact) mass is 284 g/mol. The van der Waals surface area contributed by atoms with Crippen molar-refractivity contribution in [1.29, 1.82) is 0 Å². The van der Waals surface area contributed by atoms with Crippen molar-refractivity contribution >= 4 is 5.91 Å². The molecule has 1 N–H and O–H groups in total. The topological polar surface area (TPSA) is 45.5 Å². The zero-order valence-corrected chi connectivity index (χ0v) is 12.0. The second kappa shape index (κ2) is 6.59. The van der Waals surface area contributed by atoms with Crippen LogP contribution in [0.2, 0.25) is 0 Å². The predicted octanol–water partition coefficient (Wildman–Crippen LogP) is 2.56. The maximum atomic E-state index is 12.3. The molecule has 3 rings (SSSR count). The lowest BCUT2D eigenvalue weighted by Gasteiger charge is -2.23. The van der Waals surface area contributed by atoms with Crippen molar-refractivity contribution in [2.45, 2.75) is 32.0 Å². The van der Waals surface area contributed by atoms with Gasteiger partial charge < -0.3 is 9.73 Å². The molecule has 1 fully saturated rings. The molecule has 1 aliphatic rings. The van der Waals surface area contributed by atoms with E-state index in [1.54, 1.807) is 6.26 Å². The van der Waals surface area contributed by atoms with Gasteiger partial charge >= 0.3 is 0 Å². The van der Waals surface area contributed by atoms with Crippen molar-refractivity contribution in [3.8, 4) is 0 Å². The summed E-state index contributed by atoms with van der Waals surface area (Å²) in [6.07, 6.45) is 3.63. The number of carbonyl (C=O) groups excluding carboxylic acids is 1. The fourth-order valence-electron chi connectivity index (χ4n) is 2.84. The minimum atomic E-state index is -0.0276. The summed E-state index contributed by atoms with van der Waals surface area (Å²) in [7, 11) is 0. The standard InChI is InChI=1S/C17H20N2O2/c20-17(18-12-15-8-5-11-21-15)16-9-4-10-19(16)13-14-6-2-1-3-7-14/h1-3,5-8,11,16H,4,9-10,12-13H2,(H,18,20)/t16-/m0/s1. The highest BCUT2D eigenvalue weighted by Crippen LogP contribution is 2.20. The van der Waals surface area contributed by atoms with E-state index in [1.165, 1.54) is 5.56 Å². The number of nitrogens with one attached hydrogen (secondary N) is 1. The van der Waals surface area contributed by atoms with Crippen LogP contribution in [0.1, 0.15) is 24.2 Å². The molecule has 0 radical (unpaired) electrons. The molecule has 1 aliphatic heterocycles. The smallest absolute Gasteiger partial charge is 0.237 e. The van der Waals surface area contributed by atoms with Crippen molar-refractivity contribution in [3.05, 3.63) is 60.1 Å². The number of hydrogen-bond donors (Lipinski definition) is 1. The zero-order chi connectivity index (χ0) is 14.5. The van der Waals surface area contributed by atoms with Gasteiger partial charge in [-0.05, 0) is 37.1 Å². The summed E-state index contributed by atoms with van der Waals surface area (Å²) in [5.41, 5.74) is 1.25. The van der Waals surface area contributed by atoms with E-state index in [2.05, 4.69) is 22.3 Å². The molecule has 0 saturated carbocycles. The molecule has 0 aliphatic carbocycles. The minimum Gasteiger partial charge on any atom is -0.467 e. The van der Waals surface area contributed by atoms with Gasteiger partial charge in [0.15, 0.2) is 0 Å². The number of hydrogen-bond acceptors (Lipinski definition) is 3. The van der Waals surface area contributed by atoms with Crippen LogP contribution in [-0.4, -0.2) is 23.4 Å². The van der Waals surface area contributed by atoms with Gasteiger partial charge in [0.2, 0.25) is 5.91 Å². The van der Waals surface area contributed by atoms with Crippen LogP contribution >= 0.6 is 0 Å². The third-order valence-corrected chi connectivity index (χ3v) is 3.91. The van der Waals surface area contributed by atoms with E-state index in [9.17, 15) is 4.79 Å². The molecule has 1 aromatic carbocycles. The van der Waals surface area contributed by atoms with Crippen LogP contribution in [0, 0.1) is 0 Å². The minimum absolute atomic E-state index is 0.0276. The van der Waals surface area contributed by atoms with Crippen molar-refractivity contribution < 1.29 is 9.21 Å². The first kappa shape index (κ1) is 13.9. The average Bonchev–Trinajstić information content (AvgIpc) is 3.17. The van der Waals surface area contributed by atoms with E-state index in [0.29, 0.717) is 6.54 Å². The Hall–Kier alpha value is -2.07. The molecule has 0 bridgehead atoms. The Morgan fingerprint density at radius 1 is 1.24 bits per heavy atom. The van der Waals surface area contributed by atoms with Crippen LogP contribution in [-0.2, 0) is 17.9 Å². The molecule has 4 heteroatoms. The predicted molar refractivity (Wildman–Crippen MR) is 80.4 cm³/mol. The highest BCUT2D eigenvalue weighted by molar-refractivity contribution is 5.81. The summed E-state index contributed by atoms with van der Waals surface area (Å²) in [4.78, 5) is 14.6. The van der Waals surface area contributed by atoms with Crippen LogP contribution in [0.15, 0.2) is 53.1 Å². The summed E-state index contributed by atoms with van der Waals surface area (Å²) in [5.74, 6) is 0.885. The van der Waals surface area contributed by atoms with Gasteiger partial charge in [0.05, 0.1) is 18.8 Å². The fourth-order valence-corrected chi connectivity index (χ4v) is 2.84. The summed E-state index contributed by atoms with van der Waals surface area (Å²) < 4.78 is 5.24. The molecule has 1 aromatic heterocycles. The lowest BCUT2D eigenvalue weighted by Crippen LogP contribution is -2.42. The first-order valence-corrected chi connectivity index (χ1v) is 7.41. The third-order valence-electron chi connectivity index (χ3n) is 3.91. The normalized spacial score (nSPS) is 18.8. The van der Waals surface area contributed by atoms with Gasteiger partial charge in [-0.2, -0.15) is 0 Å². The summed E-state index contributed by atoms with van der Waals surface area (Å²) in [6.45, 7) is 2.27. The van der Waals surface area contributed by atoms with E-state index >= 15 is 0 Å². The summed E-state index contributed by atoms with van der Waals surface area (Å²) in [5, 5.41) is 2.97. The first-order chi connectivity index (χ1) is 10.3. The van der Waals surface area contributed by atoms with Crippen molar-refractivity contribution in [1.82, 2.24) is 10.2 Å². The quantitative estimate of drug-likeness (QED) is 0.918. The van der Waals surface area contributed by atoms with Gasteiger partial charge in [0, 0.05) is 6.54 Å². The zero-order valence-electron chi connectivity index (χ0n) is 12.0. The number of amides is 1. The number of benzene rings is 1. The van der Waals surface area contributed by atoms with Crippen LogP contribution in [0.4, 0.5) is 0 Å². The second-order valence-electron chi connectivity index (χ2n) is 5.41. The molecule has 2 aromatic rings. The average molecular weight is 284 g/mol. The molecule has 1 saturated heterocycles. The Labute approximate surface area is 124 Å². The molecular formula is C17H20N2O2. The Morgan fingerprint density at radius 3 is 2.86 bits per heavy atom. The molecule has 0 unspecified atom stereocenters. The van der Waals surface area contributed by atoms with E-state index < -0.39 is 0 Å². The number of nitrogens with zero attached hydrogens (tertiary/aromatic N) is 1. The first-order valence-electron chi connectivity index (χ1n) is 7.41. The fraction of sp³-hybridized carbons (Fsp3) is 0.353. The van der Waals surface area contributed by atoms with Gasteiger partial charge in [0.25, 0.3) is 0 Å². The van der Waals surface area contributed by atoms with E-state index in [1.807, 2.05) is 30.3 Å².